The van der Waals surface area contributed by atoms with Crippen molar-refractivity contribution in [2.24, 2.45) is 0 Å². The first-order valence-corrected chi connectivity index (χ1v) is 8.93. The van der Waals surface area contributed by atoms with Gasteiger partial charge in [0, 0.05) is 54.9 Å². The molecule has 2 aromatic heterocycles. The average molecular weight is 384 g/mol. The summed E-state index contributed by atoms with van der Waals surface area (Å²) in [5.41, 5.74) is 3.22. The largest absolute Gasteiger partial charge is 0.483 e. The third kappa shape index (κ3) is 6.15. The maximum absolute atomic E-state index is 13.1. The van der Waals surface area contributed by atoms with E-state index in [-0.39, 0.29) is 24.3 Å². The zero-order valence-electron chi connectivity index (χ0n) is 16.0. The van der Waals surface area contributed by atoms with Gasteiger partial charge < -0.3 is 15.3 Å². The summed E-state index contributed by atoms with van der Waals surface area (Å²) in [6.45, 7) is 4.46. The number of carboxylic acid groups (broad SMARTS) is 1. The number of amides is 2. The summed E-state index contributed by atoms with van der Waals surface area (Å²) in [6.07, 6.45) is 4.75. The lowest BCUT2D eigenvalue weighted by Crippen LogP contribution is -2.41. The third-order valence-electron chi connectivity index (χ3n) is 4.24. The van der Waals surface area contributed by atoms with Crippen LogP contribution >= 0.6 is 0 Å². The Balaban J connectivity index is 0.000000878. The van der Waals surface area contributed by atoms with Gasteiger partial charge in [0.2, 0.25) is 5.91 Å². The molecule has 0 unspecified atom stereocenters. The standard InChI is InChI=1S/C19H22N4O2.CH2O2/c1-13-8-16(9-14(2)21-13)19(25)23(11-15-4-3-7-20-10-15)12-17-5-6-18(24)22-17;2-1-3/h3-4,7-10,17H,5-6,11-12H2,1-2H3,(H,22,24);1H,(H,2,3)/t17-;/m0./s1. The molecule has 0 radical (unpaired) electrons. The van der Waals surface area contributed by atoms with Crippen molar-refractivity contribution < 1.29 is 19.5 Å². The highest BCUT2D eigenvalue weighted by Gasteiger charge is 2.26. The fraction of sp³-hybridized carbons (Fsp3) is 0.350. The Morgan fingerprint density at radius 2 is 2.04 bits per heavy atom. The summed E-state index contributed by atoms with van der Waals surface area (Å²) in [5, 5.41) is 9.83. The van der Waals surface area contributed by atoms with Gasteiger partial charge in [-0.25, -0.2) is 0 Å². The Morgan fingerprint density at radius 3 is 2.57 bits per heavy atom. The maximum atomic E-state index is 13.1. The number of pyridine rings is 2. The molecule has 0 saturated carbocycles. The number of aromatic nitrogens is 2. The first-order chi connectivity index (χ1) is 13.4. The molecule has 0 aromatic carbocycles. The minimum atomic E-state index is -0.250. The summed E-state index contributed by atoms with van der Waals surface area (Å²) in [5.74, 6) is -0.00650. The van der Waals surface area contributed by atoms with Crippen LogP contribution in [0.4, 0.5) is 0 Å². The van der Waals surface area contributed by atoms with E-state index in [1.807, 2.05) is 26.0 Å². The van der Waals surface area contributed by atoms with Gasteiger partial charge in [0.15, 0.2) is 0 Å². The molecule has 8 nitrogen and oxygen atoms in total. The molecule has 1 saturated heterocycles. The monoisotopic (exact) mass is 384 g/mol. The van der Waals surface area contributed by atoms with Gasteiger partial charge in [0.05, 0.1) is 0 Å². The lowest BCUT2D eigenvalue weighted by molar-refractivity contribution is -0.123. The van der Waals surface area contributed by atoms with Crippen LogP contribution in [-0.4, -0.2) is 50.8 Å². The smallest absolute Gasteiger partial charge is 0.290 e. The molecule has 1 atom stereocenters. The first kappa shape index (κ1) is 21.0. The number of carbonyl (C=O) groups excluding carboxylic acids is 2. The highest BCUT2D eigenvalue weighted by molar-refractivity contribution is 5.94. The van der Waals surface area contributed by atoms with Crippen molar-refractivity contribution in [1.82, 2.24) is 20.2 Å². The average Bonchev–Trinajstić information content (AvgIpc) is 3.06. The van der Waals surface area contributed by atoms with Gasteiger partial charge in [-0.2, -0.15) is 0 Å². The van der Waals surface area contributed by atoms with E-state index in [1.54, 1.807) is 29.4 Å². The van der Waals surface area contributed by atoms with Crippen molar-refractivity contribution >= 4 is 18.3 Å². The van der Waals surface area contributed by atoms with Gasteiger partial charge >= 0.3 is 0 Å². The molecule has 2 N–H and O–H groups in total. The second kappa shape index (κ2) is 10.1. The van der Waals surface area contributed by atoms with Crippen LogP contribution in [0.3, 0.4) is 0 Å². The Hall–Kier alpha value is -3.29. The molecule has 3 heterocycles. The molecule has 0 spiro atoms. The van der Waals surface area contributed by atoms with E-state index in [9.17, 15) is 9.59 Å². The molecule has 0 bridgehead atoms. The van der Waals surface area contributed by atoms with Gasteiger partial charge in [0.1, 0.15) is 0 Å². The van der Waals surface area contributed by atoms with Gasteiger partial charge in [-0.15, -0.1) is 0 Å². The number of carbonyl (C=O) groups is 3. The number of nitrogens with zero attached hydrogens (tertiary/aromatic N) is 3. The molecule has 3 rings (SSSR count). The topological polar surface area (TPSA) is 112 Å². The summed E-state index contributed by atoms with van der Waals surface area (Å²) in [6, 6.07) is 7.41. The Kier molecular flexibility index (Phi) is 7.62. The predicted molar refractivity (Wildman–Crippen MR) is 103 cm³/mol. The zero-order chi connectivity index (χ0) is 20.5. The number of nitrogens with one attached hydrogen (secondary N) is 1. The third-order valence-corrected chi connectivity index (χ3v) is 4.24. The van der Waals surface area contributed by atoms with Crippen molar-refractivity contribution in [2.75, 3.05) is 6.54 Å². The Morgan fingerprint density at radius 1 is 1.36 bits per heavy atom. The Labute approximate surface area is 163 Å². The van der Waals surface area contributed by atoms with Crippen LogP contribution < -0.4 is 5.32 Å². The molecular weight excluding hydrogens is 360 g/mol. The van der Waals surface area contributed by atoms with Gasteiger partial charge in [-0.05, 0) is 44.0 Å². The minimum Gasteiger partial charge on any atom is -0.483 e. The van der Waals surface area contributed by atoms with E-state index < -0.39 is 0 Å². The Bertz CT molecular complexity index is 806. The number of hydrogen-bond donors (Lipinski definition) is 2. The predicted octanol–water partition coefficient (Wildman–Crippen LogP) is 1.72. The molecule has 1 aliphatic rings. The lowest BCUT2D eigenvalue weighted by atomic mass is 10.1. The van der Waals surface area contributed by atoms with E-state index in [0.717, 1.165) is 23.4 Å². The van der Waals surface area contributed by atoms with Crippen LogP contribution in [0.2, 0.25) is 0 Å². The number of hydrogen-bond acceptors (Lipinski definition) is 5. The SMILES string of the molecule is Cc1cc(C(=O)N(Cc2cccnc2)C[C@@H]2CCC(=O)N2)cc(C)n1.O=CO. The van der Waals surface area contributed by atoms with Crippen molar-refractivity contribution in [3.63, 3.8) is 0 Å². The molecule has 2 aromatic rings. The van der Waals surface area contributed by atoms with E-state index in [1.165, 1.54) is 0 Å². The van der Waals surface area contributed by atoms with Gasteiger partial charge in [0.25, 0.3) is 12.4 Å². The molecule has 2 amide bonds. The molecule has 1 fully saturated rings. The fourth-order valence-corrected chi connectivity index (χ4v) is 3.15. The summed E-state index contributed by atoms with van der Waals surface area (Å²) < 4.78 is 0. The molecule has 148 valence electrons. The molecule has 1 aliphatic heterocycles. The van der Waals surface area contributed by atoms with E-state index in [2.05, 4.69) is 15.3 Å². The molecule has 0 aliphatic carbocycles. The summed E-state index contributed by atoms with van der Waals surface area (Å²) >= 11 is 0. The van der Waals surface area contributed by atoms with Crippen molar-refractivity contribution in [3.05, 3.63) is 59.2 Å². The molecule has 8 heteroatoms. The van der Waals surface area contributed by atoms with Crippen LogP contribution in [0.15, 0.2) is 36.7 Å². The van der Waals surface area contributed by atoms with E-state index in [4.69, 9.17) is 9.90 Å². The summed E-state index contributed by atoms with van der Waals surface area (Å²) in [4.78, 5) is 43.2. The van der Waals surface area contributed by atoms with Crippen LogP contribution in [0.5, 0.6) is 0 Å². The van der Waals surface area contributed by atoms with Crippen LogP contribution in [0, 0.1) is 13.8 Å². The number of rotatable bonds is 5. The van der Waals surface area contributed by atoms with Crippen molar-refractivity contribution in [2.45, 2.75) is 39.3 Å². The van der Waals surface area contributed by atoms with Crippen molar-refractivity contribution in [1.29, 1.82) is 0 Å². The second-order valence-electron chi connectivity index (χ2n) is 6.59. The molecular formula is C20H24N4O4. The second-order valence-corrected chi connectivity index (χ2v) is 6.59. The van der Waals surface area contributed by atoms with Crippen molar-refractivity contribution in [3.8, 4) is 0 Å². The normalized spacial score (nSPS) is 15.2. The minimum absolute atomic E-state index is 0.00264. The zero-order valence-corrected chi connectivity index (χ0v) is 16.0. The maximum Gasteiger partial charge on any atom is 0.290 e. The van der Waals surface area contributed by atoms with E-state index >= 15 is 0 Å². The highest BCUT2D eigenvalue weighted by Crippen LogP contribution is 2.15. The number of aryl methyl sites for hydroxylation is 2. The molecule has 28 heavy (non-hydrogen) atoms. The van der Waals surface area contributed by atoms with E-state index in [0.29, 0.717) is 25.1 Å². The van der Waals surface area contributed by atoms with Crippen LogP contribution in [0.1, 0.15) is 40.2 Å². The van der Waals surface area contributed by atoms with Gasteiger partial charge in [-0.3, -0.25) is 24.4 Å². The summed E-state index contributed by atoms with van der Waals surface area (Å²) in [7, 11) is 0. The quantitative estimate of drug-likeness (QED) is 0.759. The fourth-order valence-electron chi connectivity index (χ4n) is 3.15. The lowest BCUT2D eigenvalue weighted by Gasteiger charge is -2.26. The highest BCUT2D eigenvalue weighted by atomic mass is 16.3. The van der Waals surface area contributed by atoms with Gasteiger partial charge in [-0.1, -0.05) is 6.07 Å². The first-order valence-electron chi connectivity index (χ1n) is 8.93. The van der Waals surface area contributed by atoms with Crippen LogP contribution in [-0.2, 0) is 16.1 Å². The van der Waals surface area contributed by atoms with Crippen LogP contribution in [0.25, 0.3) is 0 Å².